The van der Waals surface area contributed by atoms with Crippen molar-refractivity contribution >= 4 is 36.2 Å². The van der Waals surface area contributed by atoms with Gasteiger partial charge >= 0.3 is 306 Å². The molecule has 0 atom stereocenters. The van der Waals surface area contributed by atoms with Crippen LogP contribution in [-0.2, 0) is 9.05 Å². The Labute approximate surface area is 305 Å². The zero-order valence-electron chi connectivity index (χ0n) is 32.3. The molecule has 6 heteroatoms. The van der Waals surface area contributed by atoms with E-state index in [0.717, 1.165) is 114 Å². The van der Waals surface area contributed by atoms with Crippen LogP contribution in [0.4, 0.5) is 0 Å². The summed E-state index contributed by atoms with van der Waals surface area (Å²) >= 11 is 0. The van der Waals surface area contributed by atoms with Gasteiger partial charge in [0.05, 0.1) is 0 Å². The monoisotopic (exact) mass is 722 g/mol. The summed E-state index contributed by atoms with van der Waals surface area (Å²) in [6.45, 7) is 6.95. The number of hydrogen-bond donors (Lipinski definition) is 0. The molecule has 0 radical (unpaired) electrons. The number of carbonyl (C=O) groups excluding carboxylic acids is 2. The van der Waals surface area contributed by atoms with Crippen LogP contribution in [0.15, 0.2) is 84.9 Å². The first-order valence-electron chi connectivity index (χ1n) is 19.9. The molecule has 0 amide bonds. The normalized spacial score (nSPS) is 13.5. The quantitative estimate of drug-likeness (QED) is 0.0864. The molecule has 0 aliphatic rings. The summed E-state index contributed by atoms with van der Waals surface area (Å²) in [5.41, 5.74) is 0.870. The van der Waals surface area contributed by atoms with E-state index >= 15 is 0 Å². The molecule has 0 aliphatic carbocycles. The molecule has 0 spiro atoms. The molecule has 4 nitrogen and oxygen atoms in total. The fourth-order valence-corrected chi connectivity index (χ4v) is 20.8. The Bertz CT molecular complexity index is 1300. The van der Waals surface area contributed by atoms with Crippen LogP contribution in [0.2, 0.25) is 0 Å². The summed E-state index contributed by atoms with van der Waals surface area (Å²) in [7, 11) is 0. The first kappa shape index (κ1) is 41.9. The standard InChI is InChI=1S/C44H68O4P2/c1-7-13-32-49(33-14-8-2,34-15-9-3,41-28-21-19-22-29-41)47-43(45)39-26-25-27-40(38-39)44(46)48-50(35-16-10-4,36-17-11-5,37-18-12-6)42-30-23-20-24-31-42/h19-31,38H,7-18,32-37H2,1-6H3. The summed E-state index contributed by atoms with van der Waals surface area (Å²) in [6.07, 6.45) is 17.8. The van der Waals surface area contributed by atoms with Crippen LogP contribution in [0.1, 0.15) is 139 Å². The van der Waals surface area contributed by atoms with Crippen LogP contribution in [0.3, 0.4) is 0 Å². The molecule has 3 aromatic rings. The van der Waals surface area contributed by atoms with E-state index in [4.69, 9.17) is 9.05 Å². The molecule has 0 unspecified atom stereocenters. The van der Waals surface area contributed by atoms with Crippen LogP contribution in [0, 0.1) is 0 Å². The van der Waals surface area contributed by atoms with Crippen molar-refractivity contribution in [2.75, 3.05) is 37.0 Å². The van der Waals surface area contributed by atoms with Crippen LogP contribution >= 0.6 is 13.7 Å². The third-order valence-electron chi connectivity index (χ3n) is 11.0. The van der Waals surface area contributed by atoms with Crippen LogP contribution < -0.4 is 10.6 Å². The zero-order valence-corrected chi connectivity index (χ0v) is 34.1. The SMILES string of the molecule is CCCCP(CCCC)(CCCC)(OC(=O)c1cccc(C(=O)OP(CCCC)(CCCC)(CCCC)c2ccccc2)c1)c1ccccc1. The van der Waals surface area contributed by atoms with Crippen molar-refractivity contribution in [2.45, 2.75) is 119 Å². The number of hydrogen-bond acceptors (Lipinski definition) is 4. The zero-order chi connectivity index (χ0) is 36.4. The second-order valence-electron chi connectivity index (χ2n) is 14.7. The van der Waals surface area contributed by atoms with Gasteiger partial charge in [0.15, 0.2) is 0 Å². The maximum absolute atomic E-state index is 14.6. The van der Waals surface area contributed by atoms with Gasteiger partial charge in [-0.1, -0.05) is 0 Å². The Balaban J connectivity index is 2.14. The molecule has 0 bridgehead atoms. The second-order valence-corrected chi connectivity index (χ2v) is 25.3. The van der Waals surface area contributed by atoms with Gasteiger partial charge in [0.1, 0.15) is 0 Å². The van der Waals surface area contributed by atoms with Crippen molar-refractivity contribution in [3.63, 3.8) is 0 Å². The van der Waals surface area contributed by atoms with Gasteiger partial charge in [0.2, 0.25) is 0 Å². The topological polar surface area (TPSA) is 52.6 Å². The predicted octanol–water partition coefficient (Wildman–Crippen LogP) is 12.4. The fraction of sp³-hybridized carbons (Fsp3) is 0.545. The molecule has 0 heterocycles. The van der Waals surface area contributed by atoms with Gasteiger partial charge in [-0.3, -0.25) is 0 Å². The van der Waals surface area contributed by atoms with Gasteiger partial charge in [-0.2, -0.15) is 0 Å². The molecule has 0 aromatic heterocycles. The number of benzene rings is 3. The molecule has 0 saturated carbocycles. The molecule has 50 heavy (non-hydrogen) atoms. The van der Waals surface area contributed by atoms with Gasteiger partial charge in [0.25, 0.3) is 0 Å². The predicted molar refractivity (Wildman–Crippen MR) is 222 cm³/mol. The number of unbranched alkanes of at least 4 members (excludes halogenated alkanes) is 6. The van der Waals surface area contributed by atoms with Crippen molar-refractivity contribution in [3.05, 3.63) is 96.1 Å². The third-order valence-corrected chi connectivity index (χ3v) is 23.6. The maximum atomic E-state index is 14.6. The Morgan fingerprint density at radius 3 is 0.960 bits per heavy atom. The van der Waals surface area contributed by atoms with Gasteiger partial charge < -0.3 is 0 Å². The minimum atomic E-state index is -3.19. The van der Waals surface area contributed by atoms with E-state index in [2.05, 4.69) is 102 Å². The molecule has 0 aliphatic heterocycles. The van der Waals surface area contributed by atoms with E-state index in [1.165, 1.54) is 10.6 Å². The Morgan fingerprint density at radius 1 is 0.420 bits per heavy atom. The average Bonchev–Trinajstić information content (AvgIpc) is 3.17. The van der Waals surface area contributed by atoms with Gasteiger partial charge in [-0.25, -0.2) is 0 Å². The van der Waals surface area contributed by atoms with E-state index < -0.39 is 13.7 Å². The second kappa shape index (κ2) is 19.9. The molecule has 0 N–H and O–H groups in total. The number of rotatable bonds is 24. The molecule has 3 rings (SSSR count). The van der Waals surface area contributed by atoms with Crippen molar-refractivity contribution in [1.29, 1.82) is 0 Å². The van der Waals surface area contributed by atoms with E-state index in [1.54, 1.807) is 6.07 Å². The molecule has 0 saturated heterocycles. The van der Waals surface area contributed by atoms with Gasteiger partial charge in [-0.15, -0.1) is 0 Å². The summed E-state index contributed by atoms with van der Waals surface area (Å²) in [5, 5.41) is 2.42. The van der Waals surface area contributed by atoms with E-state index in [1.807, 2.05) is 18.2 Å². The Morgan fingerprint density at radius 2 is 0.700 bits per heavy atom. The van der Waals surface area contributed by atoms with Crippen molar-refractivity contribution in [2.24, 2.45) is 0 Å². The molecule has 0 fully saturated rings. The van der Waals surface area contributed by atoms with Gasteiger partial charge in [0, 0.05) is 0 Å². The number of carbonyl (C=O) groups is 2. The minimum absolute atomic E-state index is 0.312. The summed E-state index contributed by atoms with van der Waals surface area (Å²) in [4.78, 5) is 29.1. The molecule has 278 valence electrons. The van der Waals surface area contributed by atoms with Crippen molar-refractivity contribution in [3.8, 4) is 0 Å². The van der Waals surface area contributed by atoms with Crippen molar-refractivity contribution < 1.29 is 18.6 Å². The Hall–Kier alpha value is -2.54. The third kappa shape index (κ3) is 9.86. The molecular weight excluding hydrogens is 654 g/mol. The first-order valence-corrected chi connectivity index (χ1v) is 25.3. The van der Waals surface area contributed by atoms with Gasteiger partial charge in [-0.05, 0) is 0 Å². The van der Waals surface area contributed by atoms with Crippen LogP contribution in [0.5, 0.6) is 0 Å². The van der Waals surface area contributed by atoms with Crippen LogP contribution in [-0.4, -0.2) is 48.9 Å². The van der Waals surface area contributed by atoms with Crippen molar-refractivity contribution in [1.82, 2.24) is 0 Å². The van der Waals surface area contributed by atoms with Crippen LogP contribution in [0.25, 0.3) is 0 Å². The first-order chi connectivity index (χ1) is 24.2. The molecule has 3 aromatic carbocycles. The fourth-order valence-electron chi connectivity index (χ4n) is 7.90. The molecular formula is C44H68O4P2. The average molecular weight is 723 g/mol. The summed E-state index contributed by atoms with van der Waals surface area (Å²) in [5.74, 6) is -0.624. The van der Waals surface area contributed by atoms with E-state index in [0.29, 0.717) is 11.1 Å². The Kier molecular flexibility index (Phi) is 16.7. The summed E-state index contributed by atoms with van der Waals surface area (Å²) < 4.78 is 14.3. The van der Waals surface area contributed by atoms with E-state index in [9.17, 15) is 9.59 Å². The van der Waals surface area contributed by atoms with E-state index in [-0.39, 0.29) is 11.9 Å². The summed E-state index contributed by atoms with van der Waals surface area (Å²) in [6, 6.07) is 28.5.